The summed E-state index contributed by atoms with van der Waals surface area (Å²) in [7, 11) is 0. The van der Waals surface area contributed by atoms with Gasteiger partial charge in [-0.15, -0.1) is 0 Å². The second kappa shape index (κ2) is 4.58. The molecule has 100 valence electrons. The van der Waals surface area contributed by atoms with Gasteiger partial charge < -0.3 is 10.2 Å². The zero-order valence-corrected chi connectivity index (χ0v) is 12.4. The van der Waals surface area contributed by atoms with Gasteiger partial charge in [0.15, 0.2) is 0 Å². The molecule has 1 aromatic carbocycles. The molecule has 0 bridgehead atoms. The smallest absolute Gasteiger partial charge is 0.0471 e. The highest BCUT2D eigenvalue weighted by atomic mass is 15.3. The van der Waals surface area contributed by atoms with Crippen LogP contribution in [0.25, 0.3) is 0 Å². The van der Waals surface area contributed by atoms with Crippen molar-refractivity contribution in [3.63, 3.8) is 0 Å². The number of piperazine rings is 1. The molecule has 1 aliphatic heterocycles. The highest BCUT2D eigenvalue weighted by Crippen LogP contribution is 2.32. The third-order valence-corrected chi connectivity index (χ3v) is 3.95. The summed E-state index contributed by atoms with van der Waals surface area (Å²) in [5, 5.41) is 3.64. The van der Waals surface area contributed by atoms with Crippen LogP contribution in [-0.4, -0.2) is 24.2 Å². The molecule has 18 heavy (non-hydrogen) atoms. The quantitative estimate of drug-likeness (QED) is 0.862. The molecular formula is C16H26N2. The molecule has 0 spiro atoms. The van der Waals surface area contributed by atoms with E-state index in [1.165, 1.54) is 11.3 Å². The predicted octanol–water partition coefficient (Wildman–Crippen LogP) is 3.22. The molecule has 0 aromatic heterocycles. The van der Waals surface area contributed by atoms with Crippen molar-refractivity contribution in [1.29, 1.82) is 0 Å². The van der Waals surface area contributed by atoms with Gasteiger partial charge in [-0.1, -0.05) is 25.1 Å². The van der Waals surface area contributed by atoms with Crippen LogP contribution in [0.2, 0.25) is 0 Å². The van der Waals surface area contributed by atoms with E-state index in [1.807, 2.05) is 0 Å². The third-order valence-electron chi connectivity index (χ3n) is 3.95. The Labute approximate surface area is 111 Å². The number of benzene rings is 1. The molecule has 1 aliphatic rings. The van der Waals surface area contributed by atoms with E-state index in [2.05, 4.69) is 69.1 Å². The largest absolute Gasteiger partial charge is 0.363 e. The average molecular weight is 246 g/mol. The lowest BCUT2D eigenvalue weighted by atomic mass is 9.90. The van der Waals surface area contributed by atoms with Crippen LogP contribution in [0.1, 0.15) is 40.2 Å². The number of rotatable bonds is 2. The predicted molar refractivity (Wildman–Crippen MR) is 79.3 cm³/mol. The molecule has 2 heteroatoms. The first-order valence-electron chi connectivity index (χ1n) is 6.96. The molecule has 2 nitrogen and oxygen atoms in total. The number of nitrogens with one attached hydrogen (secondary N) is 1. The summed E-state index contributed by atoms with van der Waals surface area (Å²) in [6, 6.07) is 8.81. The van der Waals surface area contributed by atoms with Crippen molar-refractivity contribution < 1.29 is 0 Å². The van der Waals surface area contributed by atoms with Crippen LogP contribution in [0.3, 0.4) is 0 Å². The molecule has 0 unspecified atom stereocenters. The lowest BCUT2D eigenvalue weighted by Gasteiger charge is -2.51. The highest BCUT2D eigenvalue weighted by molar-refractivity contribution is 5.56. The first kappa shape index (κ1) is 13.4. The summed E-state index contributed by atoms with van der Waals surface area (Å²) in [6.07, 6.45) is 1.09. The molecule has 1 N–H and O–H groups in total. The first-order valence-corrected chi connectivity index (χ1v) is 6.96. The highest BCUT2D eigenvalue weighted by Gasteiger charge is 2.38. The van der Waals surface area contributed by atoms with Gasteiger partial charge in [0.25, 0.3) is 0 Å². The summed E-state index contributed by atoms with van der Waals surface area (Å²) in [6.45, 7) is 13.5. The van der Waals surface area contributed by atoms with E-state index < -0.39 is 0 Å². The van der Waals surface area contributed by atoms with Gasteiger partial charge in [0, 0.05) is 29.9 Å². The van der Waals surface area contributed by atoms with Crippen LogP contribution in [0.15, 0.2) is 24.3 Å². The normalized spacial score (nSPS) is 21.9. The van der Waals surface area contributed by atoms with Crippen molar-refractivity contribution in [1.82, 2.24) is 5.32 Å². The van der Waals surface area contributed by atoms with E-state index in [4.69, 9.17) is 0 Å². The fourth-order valence-electron chi connectivity index (χ4n) is 2.70. The van der Waals surface area contributed by atoms with Crippen molar-refractivity contribution in [3.8, 4) is 0 Å². The van der Waals surface area contributed by atoms with Crippen LogP contribution in [0.5, 0.6) is 0 Å². The van der Waals surface area contributed by atoms with Gasteiger partial charge in [0.2, 0.25) is 0 Å². The van der Waals surface area contributed by atoms with E-state index in [-0.39, 0.29) is 11.1 Å². The standard InChI is InChI=1S/C16H26N2/c1-6-13-9-7-8-10-14(13)18-12-15(2,3)17-11-16(18,4)5/h7-10,17H,6,11-12H2,1-5H3. The van der Waals surface area contributed by atoms with Crippen molar-refractivity contribution in [2.24, 2.45) is 0 Å². The minimum atomic E-state index is 0.167. The van der Waals surface area contributed by atoms with E-state index in [9.17, 15) is 0 Å². The molecule has 1 heterocycles. The molecule has 2 rings (SSSR count). The van der Waals surface area contributed by atoms with Crippen LogP contribution < -0.4 is 10.2 Å². The second-order valence-electron chi connectivity index (χ2n) is 6.62. The second-order valence-corrected chi connectivity index (χ2v) is 6.62. The number of anilines is 1. The average Bonchev–Trinajstić information content (AvgIpc) is 2.33. The van der Waals surface area contributed by atoms with Crippen molar-refractivity contribution >= 4 is 5.69 Å². The Kier molecular flexibility index (Phi) is 3.41. The lowest BCUT2D eigenvalue weighted by molar-refractivity contribution is 0.260. The molecular weight excluding hydrogens is 220 g/mol. The Balaban J connectivity index is 2.39. The van der Waals surface area contributed by atoms with Crippen LogP contribution in [0.4, 0.5) is 5.69 Å². The van der Waals surface area contributed by atoms with Gasteiger partial charge in [-0.3, -0.25) is 0 Å². The lowest BCUT2D eigenvalue weighted by Crippen LogP contribution is -2.66. The number of para-hydroxylation sites is 1. The summed E-state index contributed by atoms with van der Waals surface area (Å²) < 4.78 is 0. The maximum absolute atomic E-state index is 3.64. The molecule has 1 aromatic rings. The molecule has 0 saturated carbocycles. The van der Waals surface area contributed by atoms with Gasteiger partial charge in [-0.25, -0.2) is 0 Å². The van der Waals surface area contributed by atoms with E-state index >= 15 is 0 Å². The maximum Gasteiger partial charge on any atom is 0.0471 e. The fourth-order valence-corrected chi connectivity index (χ4v) is 2.70. The minimum Gasteiger partial charge on any atom is -0.363 e. The molecule has 0 aliphatic carbocycles. The van der Waals surface area contributed by atoms with Gasteiger partial charge >= 0.3 is 0 Å². The van der Waals surface area contributed by atoms with Gasteiger partial charge in [0.05, 0.1) is 0 Å². The Morgan fingerprint density at radius 2 is 1.83 bits per heavy atom. The molecule has 0 atom stereocenters. The summed E-state index contributed by atoms with van der Waals surface area (Å²) >= 11 is 0. The molecule has 0 radical (unpaired) electrons. The van der Waals surface area contributed by atoms with Crippen LogP contribution in [0, 0.1) is 0 Å². The van der Waals surface area contributed by atoms with Gasteiger partial charge in [-0.2, -0.15) is 0 Å². The van der Waals surface area contributed by atoms with Crippen LogP contribution in [-0.2, 0) is 6.42 Å². The van der Waals surface area contributed by atoms with Crippen molar-refractivity contribution in [2.75, 3.05) is 18.0 Å². The summed E-state index contributed by atoms with van der Waals surface area (Å²) in [4.78, 5) is 2.57. The van der Waals surface area contributed by atoms with Crippen molar-refractivity contribution in [3.05, 3.63) is 29.8 Å². The van der Waals surface area contributed by atoms with E-state index in [0.717, 1.165) is 19.5 Å². The van der Waals surface area contributed by atoms with Gasteiger partial charge in [0.1, 0.15) is 0 Å². The number of nitrogens with zero attached hydrogens (tertiary/aromatic N) is 1. The fraction of sp³-hybridized carbons (Fsp3) is 0.625. The SMILES string of the molecule is CCc1ccccc1N1CC(C)(C)NCC1(C)C. The Bertz CT molecular complexity index is 421. The number of hydrogen-bond donors (Lipinski definition) is 1. The molecule has 1 saturated heterocycles. The topological polar surface area (TPSA) is 15.3 Å². The summed E-state index contributed by atoms with van der Waals surface area (Å²) in [5.41, 5.74) is 3.19. The first-order chi connectivity index (χ1) is 8.36. The molecule has 1 fully saturated rings. The van der Waals surface area contributed by atoms with Crippen molar-refractivity contribution in [2.45, 2.75) is 52.1 Å². The Morgan fingerprint density at radius 3 is 2.50 bits per heavy atom. The Hall–Kier alpha value is -1.02. The molecule has 0 amide bonds. The van der Waals surface area contributed by atoms with Crippen LogP contribution >= 0.6 is 0 Å². The monoisotopic (exact) mass is 246 g/mol. The Morgan fingerprint density at radius 1 is 1.17 bits per heavy atom. The summed E-state index contributed by atoms with van der Waals surface area (Å²) in [5.74, 6) is 0. The third kappa shape index (κ3) is 2.54. The number of aryl methyl sites for hydroxylation is 1. The maximum atomic E-state index is 3.64. The number of hydrogen-bond acceptors (Lipinski definition) is 2. The zero-order valence-electron chi connectivity index (χ0n) is 12.4. The minimum absolute atomic E-state index is 0.167. The van der Waals surface area contributed by atoms with E-state index in [1.54, 1.807) is 0 Å². The zero-order chi connectivity index (χ0) is 13.4. The van der Waals surface area contributed by atoms with E-state index in [0.29, 0.717) is 0 Å². The van der Waals surface area contributed by atoms with Gasteiger partial charge in [-0.05, 0) is 45.7 Å².